The number of nitrogens with zero attached hydrogens (tertiary/aromatic N) is 2. The number of piperidine rings is 1. The van der Waals surface area contributed by atoms with Crippen molar-refractivity contribution in [3.63, 3.8) is 0 Å². The summed E-state index contributed by atoms with van der Waals surface area (Å²) in [7, 11) is 4.38. The fourth-order valence-electron chi connectivity index (χ4n) is 2.78. The Morgan fingerprint density at radius 1 is 1.21 bits per heavy atom. The summed E-state index contributed by atoms with van der Waals surface area (Å²) in [4.78, 5) is 4.91. The van der Waals surface area contributed by atoms with Crippen LogP contribution in [0.4, 0.5) is 0 Å². The van der Waals surface area contributed by atoms with Gasteiger partial charge in [0.25, 0.3) is 0 Å². The molecule has 1 saturated heterocycles. The zero-order chi connectivity index (χ0) is 13.8. The molecule has 1 aromatic carbocycles. The van der Waals surface area contributed by atoms with Gasteiger partial charge in [-0.15, -0.1) is 0 Å². The van der Waals surface area contributed by atoms with Crippen LogP contribution in [0.5, 0.6) is 0 Å². The number of likely N-dealkylation sites (tertiary alicyclic amines) is 1. The summed E-state index contributed by atoms with van der Waals surface area (Å²) >= 11 is 0. The molecule has 1 fully saturated rings. The zero-order valence-corrected chi connectivity index (χ0v) is 12.5. The number of rotatable bonds is 4. The fourth-order valence-corrected chi connectivity index (χ4v) is 2.78. The smallest absolute Gasteiger partial charge is 0.0266 e. The first kappa shape index (κ1) is 14.5. The standard InChI is InChI=1S/C16H27N3/c1-13(17)15-6-4-14(5-7-15)12-19-10-8-16(9-11-19)18(2)3/h4-7,13,16H,8-12,17H2,1-3H3. The molecule has 0 aromatic heterocycles. The minimum Gasteiger partial charge on any atom is -0.324 e. The highest BCUT2D eigenvalue weighted by Gasteiger charge is 2.20. The van der Waals surface area contributed by atoms with E-state index in [-0.39, 0.29) is 6.04 Å². The number of hydrogen-bond donors (Lipinski definition) is 1. The van der Waals surface area contributed by atoms with Gasteiger partial charge in [-0.3, -0.25) is 4.90 Å². The van der Waals surface area contributed by atoms with Gasteiger partial charge in [0.15, 0.2) is 0 Å². The molecule has 0 spiro atoms. The summed E-state index contributed by atoms with van der Waals surface area (Å²) in [6.07, 6.45) is 2.57. The predicted octanol–water partition coefficient (Wildman–Crippen LogP) is 2.23. The first-order valence-electron chi connectivity index (χ1n) is 7.29. The van der Waals surface area contributed by atoms with E-state index in [0.717, 1.165) is 12.6 Å². The summed E-state index contributed by atoms with van der Waals surface area (Å²) in [6, 6.07) is 9.65. The first-order valence-corrected chi connectivity index (χ1v) is 7.29. The van der Waals surface area contributed by atoms with Gasteiger partial charge in [0, 0.05) is 18.6 Å². The lowest BCUT2D eigenvalue weighted by Crippen LogP contribution is -2.41. The highest BCUT2D eigenvalue weighted by atomic mass is 15.2. The van der Waals surface area contributed by atoms with E-state index in [4.69, 9.17) is 5.73 Å². The number of hydrogen-bond acceptors (Lipinski definition) is 3. The van der Waals surface area contributed by atoms with Gasteiger partial charge in [-0.2, -0.15) is 0 Å². The monoisotopic (exact) mass is 261 g/mol. The zero-order valence-electron chi connectivity index (χ0n) is 12.5. The molecule has 1 heterocycles. The van der Waals surface area contributed by atoms with Gasteiger partial charge in [-0.05, 0) is 58.1 Å². The van der Waals surface area contributed by atoms with Crippen molar-refractivity contribution in [3.05, 3.63) is 35.4 Å². The molecule has 1 aliphatic heterocycles. The average molecular weight is 261 g/mol. The molecule has 0 amide bonds. The van der Waals surface area contributed by atoms with Crippen LogP contribution < -0.4 is 5.73 Å². The molecule has 0 bridgehead atoms. The highest BCUT2D eigenvalue weighted by molar-refractivity contribution is 5.24. The van der Waals surface area contributed by atoms with Crippen LogP contribution in [-0.4, -0.2) is 43.0 Å². The van der Waals surface area contributed by atoms with Gasteiger partial charge < -0.3 is 10.6 Å². The van der Waals surface area contributed by atoms with Crippen molar-refractivity contribution < 1.29 is 0 Å². The highest BCUT2D eigenvalue weighted by Crippen LogP contribution is 2.17. The van der Waals surface area contributed by atoms with E-state index in [1.807, 2.05) is 6.92 Å². The summed E-state index contributed by atoms with van der Waals surface area (Å²) < 4.78 is 0. The van der Waals surface area contributed by atoms with E-state index < -0.39 is 0 Å². The molecule has 106 valence electrons. The summed E-state index contributed by atoms with van der Waals surface area (Å²) in [5.74, 6) is 0. The molecule has 1 aliphatic rings. The minimum absolute atomic E-state index is 0.130. The Bertz CT molecular complexity index is 375. The molecule has 1 aromatic rings. The Hall–Kier alpha value is -0.900. The number of benzene rings is 1. The lowest BCUT2D eigenvalue weighted by Gasteiger charge is -2.35. The molecule has 2 N–H and O–H groups in total. The van der Waals surface area contributed by atoms with E-state index in [2.05, 4.69) is 48.2 Å². The van der Waals surface area contributed by atoms with Crippen molar-refractivity contribution in [2.75, 3.05) is 27.2 Å². The van der Waals surface area contributed by atoms with Gasteiger partial charge in [-0.25, -0.2) is 0 Å². The molecule has 19 heavy (non-hydrogen) atoms. The summed E-state index contributed by atoms with van der Waals surface area (Å²) in [5, 5.41) is 0. The molecule has 0 saturated carbocycles. The predicted molar refractivity (Wildman–Crippen MR) is 81.0 cm³/mol. The molecular weight excluding hydrogens is 234 g/mol. The van der Waals surface area contributed by atoms with Crippen molar-refractivity contribution >= 4 is 0 Å². The van der Waals surface area contributed by atoms with E-state index >= 15 is 0 Å². The third-order valence-electron chi connectivity index (χ3n) is 4.20. The maximum absolute atomic E-state index is 5.88. The normalized spacial score (nSPS) is 19.8. The van der Waals surface area contributed by atoms with E-state index in [1.54, 1.807) is 0 Å². The largest absolute Gasteiger partial charge is 0.324 e. The lowest BCUT2D eigenvalue weighted by atomic mass is 10.0. The Morgan fingerprint density at radius 2 is 1.79 bits per heavy atom. The van der Waals surface area contributed by atoms with Gasteiger partial charge in [0.2, 0.25) is 0 Å². The first-order chi connectivity index (χ1) is 9.06. The molecule has 0 aliphatic carbocycles. The van der Waals surface area contributed by atoms with Crippen LogP contribution in [0.3, 0.4) is 0 Å². The van der Waals surface area contributed by atoms with Crippen LogP contribution in [0.1, 0.15) is 36.9 Å². The Morgan fingerprint density at radius 3 is 2.26 bits per heavy atom. The van der Waals surface area contributed by atoms with Gasteiger partial charge in [0.1, 0.15) is 0 Å². The number of nitrogens with two attached hydrogens (primary N) is 1. The van der Waals surface area contributed by atoms with Crippen molar-refractivity contribution in [1.29, 1.82) is 0 Å². The summed E-state index contributed by atoms with van der Waals surface area (Å²) in [6.45, 7) is 5.51. The van der Waals surface area contributed by atoms with Crippen molar-refractivity contribution in [1.82, 2.24) is 9.80 Å². The Balaban J connectivity index is 1.85. The van der Waals surface area contributed by atoms with Gasteiger partial charge in [-0.1, -0.05) is 24.3 Å². The molecule has 0 radical (unpaired) electrons. The van der Waals surface area contributed by atoms with E-state index in [1.165, 1.54) is 37.1 Å². The molecule has 3 heteroatoms. The second-order valence-corrected chi connectivity index (χ2v) is 6.00. The average Bonchev–Trinajstić information content (AvgIpc) is 2.40. The molecular formula is C16H27N3. The Kier molecular flexibility index (Phi) is 4.97. The van der Waals surface area contributed by atoms with Crippen molar-refractivity contribution in [2.45, 2.75) is 38.4 Å². The minimum atomic E-state index is 0.130. The SMILES string of the molecule is CC(N)c1ccc(CN2CCC(N(C)C)CC2)cc1. The van der Waals surface area contributed by atoms with E-state index in [0.29, 0.717) is 0 Å². The fraction of sp³-hybridized carbons (Fsp3) is 0.625. The van der Waals surface area contributed by atoms with Crippen LogP contribution in [0, 0.1) is 0 Å². The van der Waals surface area contributed by atoms with Crippen LogP contribution >= 0.6 is 0 Å². The Labute approximate surface area is 117 Å². The lowest BCUT2D eigenvalue weighted by molar-refractivity contribution is 0.140. The second-order valence-electron chi connectivity index (χ2n) is 6.00. The molecule has 1 unspecified atom stereocenters. The van der Waals surface area contributed by atoms with Crippen LogP contribution in [0.2, 0.25) is 0 Å². The molecule has 2 rings (SSSR count). The molecule has 1 atom stereocenters. The van der Waals surface area contributed by atoms with Crippen LogP contribution in [0.25, 0.3) is 0 Å². The maximum Gasteiger partial charge on any atom is 0.0266 e. The third kappa shape index (κ3) is 4.03. The maximum atomic E-state index is 5.88. The molecule has 3 nitrogen and oxygen atoms in total. The topological polar surface area (TPSA) is 32.5 Å². The van der Waals surface area contributed by atoms with Gasteiger partial charge in [0.05, 0.1) is 0 Å². The summed E-state index contributed by atoms with van der Waals surface area (Å²) in [5.41, 5.74) is 8.49. The third-order valence-corrected chi connectivity index (χ3v) is 4.20. The van der Waals surface area contributed by atoms with Crippen molar-refractivity contribution in [2.24, 2.45) is 5.73 Å². The van der Waals surface area contributed by atoms with Crippen LogP contribution in [-0.2, 0) is 6.54 Å². The van der Waals surface area contributed by atoms with Crippen molar-refractivity contribution in [3.8, 4) is 0 Å². The van der Waals surface area contributed by atoms with Gasteiger partial charge >= 0.3 is 0 Å². The quantitative estimate of drug-likeness (QED) is 0.902. The van der Waals surface area contributed by atoms with Crippen LogP contribution in [0.15, 0.2) is 24.3 Å². The second kappa shape index (κ2) is 6.51. The van der Waals surface area contributed by atoms with E-state index in [9.17, 15) is 0 Å².